The van der Waals surface area contributed by atoms with Crippen molar-refractivity contribution in [2.24, 2.45) is 0 Å². The Hall–Kier alpha value is -0.270. The number of sulfonamides is 1. The van der Waals surface area contributed by atoms with Gasteiger partial charge in [-0.3, -0.25) is 4.72 Å². The lowest BCUT2D eigenvalue weighted by atomic mass is 10.3. The summed E-state index contributed by atoms with van der Waals surface area (Å²) in [5.74, 6) is 0. The molecule has 0 amide bonds. The molecule has 18 heavy (non-hydrogen) atoms. The fourth-order valence-electron chi connectivity index (χ4n) is 1.21. The third kappa shape index (κ3) is 3.19. The Morgan fingerprint density at radius 2 is 1.89 bits per heavy atom. The molecular formula is C10H6BrCl2NO2S2. The van der Waals surface area contributed by atoms with E-state index in [0.29, 0.717) is 10.7 Å². The number of anilines is 1. The van der Waals surface area contributed by atoms with Gasteiger partial charge in [0.15, 0.2) is 0 Å². The molecule has 0 unspecified atom stereocenters. The minimum absolute atomic E-state index is 0.209. The standard InChI is InChI=1S/C10H6BrCl2NO2S2/c11-9-3-4-10(17-9)18(15,16)14-8-2-1-6(12)5-7(8)13/h1-5,14H. The molecule has 2 rings (SSSR count). The van der Waals surface area contributed by atoms with Gasteiger partial charge in [-0.1, -0.05) is 23.2 Å². The van der Waals surface area contributed by atoms with Gasteiger partial charge in [0, 0.05) is 5.02 Å². The van der Waals surface area contributed by atoms with Crippen LogP contribution in [0.25, 0.3) is 0 Å². The van der Waals surface area contributed by atoms with Crippen LogP contribution in [-0.4, -0.2) is 8.42 Å². The predicted molar refractivity (Wildman–Crippen MR) is 79.3 cm³/mol. The lowest BCUT2D eigenvalue weighted by Crippen LogP contribution is -2.11. The molecule has 0 aliphatic heterocycles. The van der Waals surface area contributed by atoms with E-state index in [-0.39, 0.29) is 9.23 Å². The molecule has 0 saturated heterocycles. The predicted octanol–water partition coefficient (Wildman–Crippen LogP) is 4.62. The Morgan fingerprint density at radius 1 is 1.17 bits per heavy atom. The average molecular weight is 387 g/mol. The van der Waals surface area contributed by atoms with Crippen LogP contribution in [0.1, 0.15) is 0 Å². The van der Waals surface area contributed by atoms with Crippen molar-refractivity contribution in [1.82, 2.24) is 0 Å². The van der Waals surface area contributed by atoms with Crippen LogP contribution in [0.4, 0.5) is 5.69 Å². The average Bonchev–Trinajstić information content (AvgIpc) is 2.70. The van der Waals surface area contributed by atoms with Crippen LogP contribution in [0.5, 0.6) is 0 Å². The highest BCUT2D eigenvalue weighted by Gasteiger charge is 2.17. The zero-order chi connectivity index (χ0) is 13.3. The van der Waals surface area contributed by atoms with E-state index in [0.717, 1.165) is 15.1 Å². The van der Waals surface area contributed by atoms with Gasteiger partial charge in [-0.05, 0) is 46.3 Å². The molecule has 0 radical (unpaired) electrons. The van der Waals surface area contributed by atoms with Crippen LogP contribution in [0.2, 0.25) is 10.0 Å². The Balaban J connectivity index is 2.33. The molecule has 0 aliphatic rings. The van der Waals surface area contributed by atoms with Crippen molar-refractivity contribution in [3.05, 3.63) is 44.2 Å². The maximum Gasteiger partial charge on any atom is 0.271 e. The molecule has 0 bridgehead atoms. The topological polar surface area (TPSA) is 46.2 Å². The van der Waals surface area contributed by atoms with Gasteiger partial charge in [-0.25, -0.2) is 8.42 Å². The second-order valence-corrected chi connectivity index (χ2v) is 8.50. The number of hydrogen-bond acceptors (Lipinski definition) is 3. The summed E-state index contributed by atoms with van der Waals surface area (Å²) in [6, 6.07) is 7.75. The maximum absolute atomic E-state index is 12.0. The van der Waals surface area contributed by atoms with Gasteiger partial charge in [0.25, 0.3) is 10.0 Å². The fraction of sp³-hybridized carbons (Fsp3) is 0. The van der Waals surface area contributed by atoms with Crippen LogP contribution < -0.4 is 4.72 Å². The van der Waals surface area contributed by atoms with Crippen LogP contribution in [0.15, 0.2) is 38.3 Å². The lowest BCUT2D eigenvalue weighted by molar-refractivity contribution is 0.603. The van der Waals surface area contributed by atoms with E-state index in [9.17, 15) is 8.42 Å². The van der Waals surface area contributed by atoms with Gasteiger partial charge in [0.2, 0.25) is 0 Å². The third-order valence-corrected chi connectivity index (χ3v) is 6.02. The molecule has 0 atom stereocenters. The van der Waals surface area contributed by atoms with Gasteiger partial charge in [0.05, 0.1) is 14.5 Å². The van der Waals surface area contributed by atoms with Crippen LogP contribution in [-0.2, 0) is 10.0 Å². The first-order valence-electron chi connectivity index (χ1n) is 4.62. The molecule has 1 heterocycles. The minimum atomic E-state index is -3.62. The van der Waals surface area contributed by atoms with Crippen molar-refractivity contribution in [2.45, 2.75) is 4.21 Å². The molecule has 0 spiro atoms. The number of rotatable bonds is 3. The summed E-state index contributed by atoms with van der Waals surface area (Å²) in [4.78, 5) is 0. The highest BCUT2D eigenvalue weighted by Crippen LogP contribution is 2.30. The third-order valence-electron chi connectivity index (χ3n) is 1.99. The van der Waals surface area contributed by atoms with Gasteiger partial charge < -0.3 is 0 Å². The smallest absolute Gasteiger partial charge is 0.271 e. The summed E-state index contributed by atoms with van der Waals surface area (Å²) >= 11 is 16.0. The maximum atomic E-state index is 12.0. The lowest BCUT2D eigenvalue weighted by Gasteiger charge is -2.08. The van der Waals surface area contributed by atoms with Gasteiger partial charge in [0.1, 0.15) is 4.21 Å². The van der Waals surface area contributed by atoms with E-state index >= 15 is 0 Å². The molecule has 3 nitrogen and oxygen atoms in total. The molecule has 2 aromatic rings. The Morgan fingerprint density at radius 3 is 2.44 bits per heavy atom. The van der Waals surface area contributed by atoms with Gasteiger partial charge >= 0.3 is 0 Å². The number of nitrogens with one attached hydrogen (secondary N) is 1. The first kappa shape index (κ1) is 14.1. The summed E-state index contributed by atoms with van der Waals surface area (Å²) in [5.41, 5.74) is 0.297. The van der Waals surface area contributed by atoms with E-state index in [1.54, 1.807) is 12.1 Å². The van der Waals surface area contributed by atoms with Crippen molar-refractivity contribution >= 4 is 66.2 Å². The van der Waals surface area contributed by atoms with Crippen molar-refractivity contribution in [3.63, 3.8) is 0 Å². The van der Waals surface area contributed by atoms with E-state index < -0.39 is 10.0 Å². The molecule has 1 aromatic carbocycles. The number of thiophene rings is 1. The summed E-state index contributed by atoms with van der Waals surface area (Å²) in [6.07, 6.45) is 0. The van der Waals surface area contributed by atoms with Crippen LogP contribution >= 0.6 is 50.5 Å². The highest BCUT2D eigenvalue weighted by molar-refractivity contribution is 9.11. The van der Waals surface area contributed by atoms with Crippen molar-refractivity contribution < 1.29 is 8.42 Å². The second kappa shape index (κ2) is 5.38. The van der Waals surface area contributed by atoms with Gasteiger partial charge in [-0.2, -0.15) is 0 Å². The summed E-state index contributed by atoms with van der Waals surface area (Å²) in [6.45, 7) is 0. The molecule has 1 N–H and O–H groups in total. The van der Waals surface area contributed by atoms with E-state index in [1.165, 1.54) is 18.2 Å². The first-order chi connectivity index (χ1) is 8.38. The summed E-state index contributed by atoms with van der Waals surface area (Å²) in [5, 5.41) is 0.698. The molecule has 96 valence electrons. The summed E-state index contributed by atoms with van der Waals surface area (Å²) in [7, 11) is -3.62. The summed E-state index contributed by atoms with van der Waals surface area (Å²) < 4.78 is 27.4. The normalized spacial score (nSPS) is 11.5. The van der Waals surface area contributed by atoms with E-state index in [1.807, 2.05) is 0 Å². The highest BCUT2D eigenvalue weighted by atomic mass is 79.9. The number of halogens is 3. The molecule has 0 fully saturated rings. The van der Waals surface area contributed by atoms with E-state index in [2.05, 4.69) is 20.7 Å². The zero-order valence-corrected chi connectivity index (χ0v) is 13.4. The molecule has 0 aliphatic carbocycles. The largest absolute Gasteiger partial charge is 0.277 e. The molecular weight excluding hydrogens is 381 g/mol. The van der Waals surface area contributed by atoms with Crippen molar-refractivity contribution in [3.8, 4) is 0 Å². The van der Waals surface area contributed by atoms with E-state index in [4.69, 9.17) is 23.2 Å². The Labute approximate surface area is 127 Å². The van der Waals surface area contributed by atoms with Crippen LogP contribution in [0, 0.1) is 0 Å². The number of benzene rings is 1. The van der Waals surface area contributed by atoms with Gasteiger partial charge in [-0.15, -0.1) is 11.3 Å². The zero-order valence-electron chi connectivity index (χ0n) is 8.65. The SMILES string of the molecule is O=S(=O)(Nc1ccc(Cl)cc1Cl)c1ccc(Br)s1. The number of hydrogen-bond donors (Lipinski definition) is 1. The minimum Gasteiger partial charge on any atom is -0.277 e. The Kier molecular flexibility index (Phi) is 4.23. The van der Waals surface area contributed by atoms with Crippen molar-refractivity contribution in [1.29, 1.82) is 0 Å². The molecule has 1 aromatic heterocycles. The molecule has 0 saturated carbocycles. The van der Waals surface area contributed by atoms with Crippen molar-refractivity contribution in [2.75, 3.05) is 4.72 Å². The fourth-order valence-corrected chi connectivity index (χ4v) is 4.81. The van der Waals surface area contributed by atoms with Crippen LogP contribution in [0.3, 0.4) is 0 Å². The Bertz CT molecular complexity index is 685. The monoisotopic (exact) mass is 385 g/mol. The quantitative estimate of drug-likeness (QED) is 0.836. The molecule has 8 heteroatoms. The second-order valence-electron chi connectivity index (χ2n) is 3.29. The first-order valence-corrected chi connectivity index (χ1v) is 8.46.